The van der Waals surface area contributed by atoms with Crippen molar-refractivity contribution >= 4 is 0 Å². The van der Waals surface area contributed by atoms with Crippen molar-refractivity contribution in [3.05, 3.63) is 23.5 Å². The third-order valence-corrected chi connectivity index (χ3v) is 3.01. The molecule has 1 heterocycles. The largest absolute Gasteiger partial charge is 0.435 e. The highest BCUT2D eigenvalue weighted by atomic mass is 19.4. The number of alkyl halides is 3. The summed E-state index contributed by atoms with van der Waals surface area (Å²) in [6.07, 6.45) is -0.962. The summed E-state index contributed by atoms with van der Waals surface area (Å²) in [6.45, 7) is 1.88. The molecule has 0 spiro atoms. The summed E-state index contributed by atoms with van der Waals surface area (Å²) in [4.78, 5) is 0. The maximum Gasteiger partial charge on any atom is 0.435 e. The predicted octanol–water partition coefficient (Wildman–Crippen LogP) is 2.70. The van der Waals surface area contributed by atoms with Gasteiger partial charge >= 0.3 is 6.18 Å². The normalized spacial score (nSPS) is 18.8. The Morgan fingerprint density at radius 1 is 1.29 bits per heavy atom. The Kier molecular flexibility index (Phi) is 3.33. The van der Waals surface area contributed by atoms with Gasteiger partial charge in [-0.2, -0.15) is 18.3 Å². The van der Waals surface area contributed by atoms with Crippen molar-refractivity contribution < 1.29 is 13.2 Å². The van der Waals surface area contributed by atoms with Gasteiger partial charge in [-0.25, -0.2) is 0 Å². The summed E-state index contributed by atoms with van der Waals surface area (Å²) in [5, 5.41) is 10.1. The zero-order valence-electron chi connectivity index (χ0n) is 9.46. The average Bonchev–Trinajstić information content (AvgIpc) is 2.22. The Bertz CT molecular complexity index is 371. The van der Waals surface area contributed by atoms with E-state index in [0.29, 0.717) is 11.7 Å². The fourth-order valence-electron chi connectivity index (χ4n) is 1.74. The molecule has 0 bridgehead atoms. The van der Waals surface area contributed by atoms with E-state index in [0.717, 1.165) is 18.9 Å². The summed E-state index contributed by atoms with van der Waals surface area (Å²) >= 11 is 0. The van der Waals surface area contributed by atoms with Crippen LogP contribution in [0.15, 0.2) is 12.1 Å². The Morgan fingerprint density at radius 3 is 2.41 bits per heavy atom. The number of halogens is 3. The molecule has 1 fully saturated rings. The average molecular weight is 245 g/mol. The van der Waals surface area contributed by atoms with Gasteiger partial charge in [-0.15, -0.1) is 5.10 Å². The van der Waals surface area contributed by atoms with Gasteiger partial charge in [0, 0.05) is 12.1 Å². The molecular weight excluding hydrogens is 231 g/mol. The van der Waals surface area contributed by atoms with Crippen molar-refractivity contribution in [1.82, 2.24) is 15.5 Å². The second-order valence-corrected chi connectivity index (χ2v) is 4.36. The van der Waals surface area contributed by atoms with Gasteiger partial charge in [0.1, 0.15) is 0 Å². The van der Waals surface area contributed by atoms with Gasteiger partial charge < -0.3 is 5.32 Å². The molecule has 1 aromatic heterocycles. The molecule has 2 rings (SSSR count). The zero-order chi connectivity index (χ0) is 12.5. The lowest BCUT2D eigenvalue weighted by molar-refractivity contribution is -0.141. The van der Waals surface area contributed by atoms with E-state index >= 15 is 0 Å². The molecule has 1 aliphatic rings. The molecule has 1 atom stereocenters. The van der Waals surface area contributed by atoms with Crippen molar-refractivity contribution in [2.75, 3.05) is 0 Å². The van der Waals surface area contributed by atoms with Crippen molar-refractivity contribution in [2.24, 2.45) is 0 Å². The van der Waals surface area contributed by atoms with E-state index in [2.05, 4.69) is 15.5 Å². The highest BCUT2D eigenvalue weighted by molar-refractivity contribution is 5.12. The van der Waals surface area contributed by atoms with Crippen LogP contribution < -0.4 is 5.32 Å². The first-order valence-corrected chi connectivity index (χ1v) is 5.63. The Balaban J connectivity index is 2.01. The molecule has 6 heteroatoms. The molecule has 1 aliphatic carbocycles. The van der Waals surface area contributed by atoms with Gasteiger partial charge in [0.15, 0.2) is 5.69 Å². The van der Waals surface area contributed by atoms with E-state index in [9.17, 15) is 13.2 Å². The Labute approximate surface area is 97.4 Å². The van der Waals surface area contributed by atoms with Crippen LogP contribution in [-0.4, -0.2) is 16.2 Å². The lowest BCUT2D eigenvalue weighted by Crippen LogP contribution is -2.37. The molecule has 0 amide bonds. The van der Waals surface area contributed by atoms with E-state index in [1.807, 2.05) is 6.92 Å². The maximum absolute atomic E-state index is 12.3. The molecule has 0 aromatic carbocycles. The smallest absolute Gasteiger partial charge is 0.306 e. The standard InChI is InChI=1S/C11H14F3N3/c1-7(15-8-3-2-4-8)9-5-6-10(17-16-9)11(12,13)14/h5-8,15H,2-4H2,1H3. The van der Waals surface area contributed by atoms with Gasteiger partial charge in [-0.3, -0.25) is 0 Å². The van der Waals surface area contributed by atoms with Gasteiger partial charge in [-0.05, 0) is 31.9 Å². The number of hydrogen-bond acceptors (Lipinski definition) is 3. The third kappa shape index (κ3) is 2.94. The highest BCUT2D eigenvalue weighted by Gasteiger charge is 2.33. The SMILES string of the molecule is CC(NC1CCC1)c1ccc(C(F)(F)F)nn1. The monoisotopic (exact) mass is 245 g/mol. The second-order valence-electron chi connectivity index (χ2n) is 4.36. The maximum atomic E-state index is 12.3. The minimum absolute atomic E-state index is 0.0601. The lowest BCUT2D eigenvalue weighted by Gasteiger charge is -2.29. The fourth-order valence-corrected chi connectivity index (χ4v) is 1.74. The first-order chi connectivity index (χ1) is 7.97. The number of rotatable bonds is 3. The van der Waals surface area contributed by atoms with Crippen molar-refractivity contribution in [2.45, 2.75) is 44.4 Å². The van der Waals surface area contributed by atoms with Crippen LogP contribution in [0, 0.1) is 0 Å². The molecule has 0 saturated heterocycles. The molecule has 1 unspecified atom stereocenters. The molecule has 0 aliphatic heterocycles. The third-order valence-electron chi connectivity index (χ3n) is 3.01. The topological polar surface area (TPSA) is 37.8 Å². The van der Waals surface area contributed by atoms with Gasteiger partial charge in [0.05, 0.1) is 5.69 Å². The van der Waals surface area contributed by atoms with E-state index in [1.165, 1.54) is 12.5 Å². The Hall–Kier alpha value is -1.17. The molecule has 0 radical (unpaired) electrons. The van der Waals surface area contributed by atoms with Crippen LogP contribution in [0.2, 0.25) is 0 Å². The number of nitrogens with zero attached hydrogens (tertiary/aromatic N) is 2. The van der Waals surface area contributed by atoms with Crippen LogP contribution in [-0.2, 0) is 6.18 Å². The summed E-state index contributed by atoms with van der Waals surface area (Å²) in [5.74, 6) is 0. The van der Waals surface area contributed by atoms with Crippen LogP contribution in [0.5, 0.6) is 0 Å². The van der Waals surface area contributed by atoms with E-state index in [4.69, 9.17) is 0 Å². The number of hydrogen-bond donors (Lipinski definition) is 1. The van der Waals surface area contributed by atoms with E-state index in [1.54, 1.807) is 0 Å². The minimum Gasteiger partial charge on any atom is -0.306 e. The molecular formula is C11H14F3N3. The van der Waals surface area contributed by atoms with Gasteiger partial charge in [0.2, 0.25) is 0 Å². The first-order valence-electron chi connectivity index (χ1n) is 5.63. The quantitative estimate of drug-likeness (QED) is 0.889. The Morgan fingerprint density at radius 2 is 2.00 bits per heavy atom. The van der Waals surface area contributed by atoms with Gasteiger partial charge in [-0.1, -0.05) is 6.42 Å². The van der Waals surface area contributed by atoms with E-state index in [-0.39, 0.29) is 6.04 Å². The fraction of sp³-hybridized carbons (Fsp3) is 0.636. The zero-order valence-corrected chi connectivity index (χ0v) is 9.46. The molecule has 3 nitrogen and oxygen atoms in total. The minimum atomic E-state index is -4.42. The lowest BCUT2D eigenvalue weighted by atomic mass is 9.92. The summed E-state index contributed by atoms with van der Waals surface area (Å²) in [7, 11) is 0. The first kappa shape index (κ1) is 12.3. The van der Waals surface area contributed by atoms with E-state index < -0.39 is 11.9 Å². The molecule has 17 heavy (non-hydrogen) atoms. The van der Waals surface area contributed by atoms with Crippen molar-refractivity contribution in [3.63, 3.8) is 0 Å². The molecule has 94 valence electrons. The van der Waals surface area contributed by atoms with Crippen molar-refractivity contribution in [3.8, 4) is 0 Å². The number of aromatic nitrogens is 2. The highest BCUT2D eigenvalue weighted by Crippen LogP contribution is 2.27. The van der Waals surface area contributed by atoms with Crippen LogP contribution in [0.3, 0.4) is 0 Å². The van der Waals surface area contributed by atoms with Crippen LogP contribution in [0.25, 0.3) is 0 Å². The molecule has 1 saturated carbocycles. The molecule has 1 N–H and O–H groups in total. The summed E-state index contributed by atoms with van der Waals surface area (Å²) in [6, 6.07) is 2.76. The van der Waals surface area contributed by atoms with Gasteiger partial charge in [0.25, 0.3) is 0 Å². The second kappa shape index (κ2) is 4.60. The van der Waals surface area contributed by atoms with Crippen molar-refractivity contribution in [1.29, 1.82) is 0 Å². The van der Waals surface area contributed by atoms with Crippen LogP contribution in [0.1, 0.15) is 43.6 Å². The predicted molar refractivity (Wildman–Crippen MR) is 56.2 cm³/mol. The van der Waals surface area contributed by atoms with Crippen LogP contribution in [0.4, 0.5) is 13.2 Å². The van der Waals surface area contributed by atoms with Crippen LogP contribution >= 0.6 is 0 Å². The summed E-state index contributed by atoms with van der Waals surface area (Å²) < 4.78 is 36.8. The molecule has 1 aromatic rings. The number of nitrogens with one attached hydrogen (secondary N) is 1. The summed E-state index contributed by atoms with van der Waals surface area (Å²) in [5.41, 5.74) is -0.401.